The van der Waals surface area contributed by atoms with E-state index in [-0.39, 0.29) is 24.1 Å². The number of halogens is 1. The lowest BCUT2D eigenvalue weighted by Gasteiger charge is -2.26. The highest BCUT2D eigenvalue weighted by molar-refractivity contribution is 6.17. The minimum absolute atomic E-state index is 0.0163. The van der Waals surface area contributed by atoms with Crippen molar-refractivity contribution in [3.8, 4) is 0 Å². The number of ether oxygens (including phenoxy) is 2. The van der Waals surface area contributed by atoms with Crippen molar-refractivity contribution in [3.63, 3.8) is 0 Å². The van der Waals surface area contributed by atoms with E-state index in [1.54, 1.807) is 7.11 Å². The number of alkyl halides is 1. The van der Waals surface area contributed by atoms with Crippen LogP contribution >= 0.6 is 11.6 Å². The van der Waals surface area contributed by atoms with Gasteiger partial charge < -0.3 is 9.47 Å². The van der Waals surface area contributed by atoms with Gasteiger partial charge in [0.1, 0.15) is 0 Å². The molecule has 0 aromatic rings. The molecule has 0 spiro atoms. The first kappa shape index (κ1) is 10.8. The maximum absolute atomic E-state index is 11.3. The first-order valence-corrected chi connectivity index (χ1v) is 5.06. The zero-order valence-electron chi connectivity index (χ0n) is 7.79. The molecule has 0 radical (unpaired) electrons. The van der Waals surface area contributed by atoms with Gasteiger partial charge in [0.15, 0.2) is 6.07 Å². The first-order chi connectivity index (χ1) is 6.27. The van der Waals surface area contributed by atoms with Crippen LogP contribution in [0.15, 0.2) is 0 Å². The van der Waals surface area contributed by atoms with E-state index in [9.17, 15) is 4.79 Å². The van der Waals surface area contributed by atoms with E-state index in [4.69, 9.17) is 21.1 Å². The van der Waals surface area contributed by atoms with E-state index in [1.807, 2.05) is 0 Å². The molecule has 2 unspecified atom stereocenters. The Bertz CT molecular complexity index is 172. The third-order valence-corrected chi connectivity index (χ3v) is 2.60. The fraction of sp³-hybridized carbons (Fsp3) is 0.889. The van der Waals surface area contributed by atoms with E-state index in [1.165, 1.54) is 0 Å². The lowest BCUT2D eigenvalue weighted by atomic mass is 9.87. The molecule has 0 aromatic heterocycles. The number of rotatable bonds is 3. The Morgan fingerprint density at radius 1 is 1.54 bits per heavy atom. The van der Waals surface area contributed by atoms with Crippen molar-refractivity contribution >= 4 is 17.6 Å². The molecule has 13 heavy (non-hydrogen) atoms. The standard InChI is InChI=1S/C9H15ClO3/c1-12-8-4-2-3-7(5-8)9(11)13-6-10/h7-8H,2-6H2,1H3. The molecule has 0 heterocycles. The van der Waals surface area contributed by atoms with Crippen molar-refractivity contribution in [1.82, 2.24) is 0 Å². The average Bonchev–Trinajstić information content (AvgIpc) is 2.18. The van der Waals surface area contributed by atoms with Crippen molar-refractivity contribution in [1.29, 1.82) is 0 Å². The summed E-state index contributed by atoms with van der Waals surface area (Å²) in [5, 5.41) is 0. The van der Waals surface area contributed by atoms with Gasteiger partial charge in [-0.15, -0.1) is 0 Å². The van der Waals surface area contributed by atoms with Crippen molar-refractivity contribution in [2.45, 2.75) is 31.8 Å². The van der Waals surface area contributed by atoms with E-state index < -0.39 is 0 Å². The number of hydrogen-bond acceptors (Lipinski definition) is 3. The predicted octanol–water partition coefficient (Wildman–Crippen LogP) is 1.93. The van der Waals surface area contributed by atoms with E-state index in [0.29, 0.717) is 0 Å². The fourth-order valence-electron chi connectivity index (χ4n) is 1.74. The highest BCUT2D eigenvalue weighted by atomic mass is 35.5. The molecule has 0 bridgehead atoms. The maximum Gasteiger partial charge on any atom is 0.310 e. The highest BCUT2D eigenvalue weighted by Crippen LogP contribution is 2.26. The zero-order chi connectivity index (χ0) is 9.68. The second-order valence-corrected chi connectivity index (χ2v) is 3.51. The molecule has 2 atom stereocenters. The van der Waals surface area contributed by atoms with Gasteiger partial charge in [-0.25, -0.2) is 0 Å². The topological polar surface area (TPSA) is 35.5 Å². The molecule has 1 fully saturated rings. The van der Waals surface area contributed by atoms with Gasteiger partial charge in [-0.05, 0) is 19.3 Å². The SMILES string of the molecule is COC1CCCC(C(=O)OCCl)C1. The lowest BCUT2D eigenvalue weighted by Crippen LogP contribution is -2.28. The van der Waals surface area contributed by atoms with Gasteiger partial charge in [-0.1, -0.05) is 18.0 Å². The van der Waals surface area contributed by atoms with Gasteiger partial charge in [0.05, 0.1) is 12.0 Å². The fourth-order valence-corrected chi connectivity index (χ4v) is 1.85. The molecule has 1 saturated carbocycles. The molecular formula is C9H15ClO3. The van der Waals surface area contributed by atoms with Gasteiger partial charge in [-0.2, -0.15) is 0 Å². The molecular weight excluding hydrogens is 192 g/mol. The van der Waals surface area contributed by atoms with Crippen molar-refractivity contribution < 1.29 is 14.3 Å². The van der Waals surface area contributed by atoms with Crippen LogP contribution in [0, 0.1) is 5.92 Å². The molecule has 0 N–H and O–H groups in total. The Kier molecular flexibility index (Phi) is 4.53. The summed E-state index contributed by atoms with van der Waals surface area (Å²) in [5.74, 6) is -0.200. The summed E-state index contributed by atoms with van der Waals surface area (Å²) in [6.45, 7) is 0. The smallest absolute Gasteiger partial charge is 0.310 e. The van der Waals surface area contributed by atoms with Crippen LogP contribution in [0.3, 0.4) is 0 Å². The molecule has 0 aliphatic heterocycles. The maximum atomic E-state index is 11.3. The molecule has 1 aliphatic carbocycles. The lowest BCUT2D eigenvalue weighted by molar-refractivity contribution is -0.149. The average molecular weight is 207 g/mol. The number of methoxy groups -OCH3 is 1. The summed E-state index contributed by atoms with van der Waals surface area (Å²) >= 11 is 5.31. The number of hydrogen-bond donors (Lipinski definition) is 0. The normalized spacial score (nSPS) is 28.5. The van der Waals surface area contributed by atoms with Crippen molar-refractivity contribution in [3.05, 3.63) is 0 Å². The third-order valence-electron chi connectivity index (χ3n) is 2.49. The Labute approximate surface area is 83.3 Å². The largest absolute Gasteiger partial charge is 0.449 e. The van der Waals surface area contributed by atoms with Crippen LogP contribution in [0.5, 0.6) is 0 Å². The Morgan fingerprint density at radius 2 is 2.31 bits per heavy atom. The first-order valence-electron chi connectivity index (χ1n) is 4.53. The van der Waals surface area contributed by atoms with E-state index in [2.05, 4.69) is 0 Å². The van der Waals surface area contributed by atoms with Gasteiger partial charge >= 0.3 is 5.97 Å². The summed E-state index contributed by atoms with van der Waals surface area (Å²) in [4.78, 5) is 11.3. The van der Waals surface area contributed by atoms with Crippen LogP contribution in [0.2, 0.25) is 0 Å². The van der Waals surface area contributed by atoms with Gasteiger partial charge in [0.2, 0.25) is 0 Å². The summed E-state index contributed by atoms with van der Waals surface area (Å²) in [5.41, 5.74) is 0. The molecule has 1 rings (SSSR count). The summed E-state index contributed by atoms with van der Waals surface area (Å²) in [7, 11) is 1.68. The summed E-state index contributed by atoms with van der Waals surface area (Å²) < 4.78 is 9.95. The predicted molar refractivity (Wildman–Crippen MR) is 49.6 cm³/mol. The molecule has 76 valence electrons. The number of carbonyl (C=O) groups is 1. The molecule has 0 amide bonds. The van der Waals surface area contributed by atoms with Gasteiger partial charge in [0.25, 0.3) is 0 Å². The Balaban J connectivity index is 2.37. The molecule has 0 saturated heterocycles. The number of esters is 1. The van der Waals surface area contributed by atoms with E-state index in [0.717, 1.165) is 25.7 Å². The minimum atomic E-state index is -0.184. The summed E-state index contributed by atoms with van der Waals surface area (Å²) in [6.07, 6.45) is 3.95. The van der Waals surface area contributed by atoms with Gasteiger partial charge in [-0.3, -0.25) is 4.79 Å². The molecule has 0 aromatic carbocycles. The minimum Gasteiger partial charge on any atom is -0.449 e. The second-order valence-electron chi connectivity index (χ2n) is 3.29. The van der Waals surface area contributed by atoms with Crippen LogP contribution in [-0.4, -0.2) is 25.2 Å². The van der Waals surface area contributed by atoms with Crippen LogP contribution in [0.4, 0.5) is 0 Å². The van der Waals surface area contributed by atoms with Gasteiger partial charge in [0, 0.05) is 7.11 Å². The van der Waals surface area contributed by atoms with Crippen molar-refractivity contribution in [2.24, 2.45) is 5.92 Å². The van der Waals surface area contributed by atoms with Crippen molar-refractivity contribution in [2.75, 3.05) is 13.2 Å². The molecule has 3 nitrogen and oxygen atoms in total. The monoisotopic (exact) mass is 206 g/mol. The third kappa shape index (κ3) is 3.16. The number of carbonyl (C=O) groups excluding carboxylic acids is 1. The molecule has 1 aliphatic rings. The van der Waals surface area contributed by atoms with E-state index >= 15 is 0 Å². The quantitative estimate of drug-likeness (QED) is 0.523. The highest BCUT2D eigenvalue weighted by Gasteiger charge is 2.27. The van der Waals surface area contributed by atoms with Crippen LogP contribution in [0.25, 0.3) is 0 Å². The van der Waals surface area contributed by atoms with Crippen LogP contribution in [-0.2, 0) is 14.3 Å². The Morgan fingerprint density at radius 3 is 2.92 bits per heavy atom. The zero-order valence-corrected chi connectivity index (χ0v) is 8.55. The summed E-state index contributed by atoms with van der Waals surface area (Å²) in [6, 6.07) is -0.0486. The van der Waals surface area contributed by atoms with Crippen LogP contribution in [0.1, 0.15) is 25.7 Å². The second kappa shape index (κ2) is 5.45. The Hall–Kier alpha value is -0.280. The van der Waals surface area contributed by atoms with Crippen LogP contribution < -0.4 is 0 Å². The molecule has 4 heteroatoms.